The van der Waals surface area contributed by atoms with Crippen molar-refractivity contribution in [2.75, 3.05) is 33.8 Å². The fraction of sp³-hybridized carbons (Fsp3) is 0.529. The van der Waals surface area contributed by atoms with E-state index in [4.69, 9.17) is 4.74 Å². The molecule has 1 rings (SSSR count). The second kappa shape index (κ2) is 9.71. The van der Waals surface area contributed by atoms with Crippen LogP contribution in [0.25, 0.3) is 0 Å². The summed E-state index contributed by atoms with van der Waals surface area (Å²) < 4.78 is 5.63. The van der Waals surface area contributed by atoms with Crippen LogP contribution in [0.3, 0.4) is 0 Å². The van der Waals surface area contributed by atoms with Crippen molar-refractivity contribution < 1.29 is 9.53 Å². The number of guanidine groups is 1. The van der Waals surface area contributed by atoms with Crippen LogP contribution in [0.1, 0.15) is 20.3 Å². The Bertz CT molecular complexity index is 501. The molecule has 0 aliphatic rings. The number of nitrogens with one attached hydrogen (secondary N) is 3. The summed E-state index contributed by atoms with van der Waals surface area (Å²) in [6.07, 6.45) is 0.856. The molecule has 0 atom stereocenters. The van der Waals surface area contributed by atoms with Crippen LogP contribution >= 0.6 is 0 Å². The predicted octanol–water partition coefficient (Wildman–Crippen LogP) is 1.39. The Morgan fingerprint density at radius 1 is 1.22 bits per heavy atom. The Hall–Kier alpha value is -2.24. The van der Waals surface area contributed by atoms with Crippen LogP contribution in [0, 0.1) is 5.41 Å². The van der Waals surface area contributed by atoms with E-state index >= 15 is 0 Å². The van der Waals surface area contributed by atoms with Gasteiger partial charge >= 0.3 is 0 Å². The van der Waals surface area contributed by atoms with Crippen molar-refractivity contribution in [1.82, 2.24) is 16.0 Å². The molecule has 0 heterocycles. The number of rotatable bonds is 8. The number of carbonyl (C=O) groups is 1. The predicted molar refractivity (Wildman–Crippen MR) is 93.8 cm³/mol. The minimum Gasteiger partial charge on any atom is -0.494 e. The van der Waals surface area contributed by atoms with Gasteiger partial charge in [-0.2, -0.15) is 0 Å². The quantitative estimate of drug-likeness (QED) is 0.384. The third-order valence-corrected chi connectivity index (χ3v) is 3.39. The number of nitrogens with zero attached hydrogens (tertiary/aromatic N) is 1. The molecule has 0 saturated carbocycles. The Balaban J connectivity index is 2.23. The molecule has 0 aliphatic carbocycles. The number of carbonyl (C=O) groups excluding carboxylic acids is 1. The molecule has 6 heteroatoms. The van der Waals surface area contributed by atoms with Gasteiger partial charge < -0.3 is 20.7 Å². The summed E-state index contributed by atoms with van der Waals surface area (Å²) in [5, 5.41) is 9.05. The zero-order valence-corrected chi connectivity index (χ0v) is 14.5. The first-order chi connectivity index (χ1) is 11.0. The van der Waals surface area contributed by atoms with E-state index in [1.54, 1.807) is 14.1 Å². The van der Waals surface area contributed by atoms with Crippen molar-refractivity contribution in [2.24, 2.45) is 10.4 Å². The first-order valence-corrected chi connectivity index (χ1v) is 7.84. The van der Waals surface area contributed by atoms with Crippen LogP contribution in [-0.2, 0) is 4.79 Å². The van der Waals surface area contributed by atoms with Crippen LogP contribution in [0.4, 0.5) is 0 Å². The lowest BCUT2D eigenvalue weighted by Gasteiger charge is -2.24. The van der Waals surface area contributed by atoms with E-state index in [0.717, 1.165) is 18.7 Å². The maximum absolute atomic E-state index is 11.7. The van der Waals surface area contributed by atoms with Gasteiger partial charge in [0.15, 0.2) is 5.96 Å². The molecule has 0 fully saturated rings. The van der Waals surface area contributed by atoms with E-state index in [1.165, 1.54) is 0 Å². The van der Waals surface area contributed by atoms with Crippen molar-refractivity contribution in [2.45, 2.75) is 20.3 Å². The lowest BCUT2D eigenvalue weighted by Crippen LogP contribution is -2.47. The third-order valence-electron chi connectivity index (χ3n) is 3.39. The SMILES string of the molecule is CN=C(NCCCOc1ccccc1)NCC(C)(C)C(=O)NC. The molecule has 23 heavy (non-hydrogen) atoms. The fourth-order valence-corrected chi connectivity index (χ4v) is 1.93. The fourth-order valence-electron chi connectivity index (χ4n) is 1.93. The van der Waals surface area contributed by atoms with Gasteiger partial charge in [-0.15, -0.1) is 0 Å². The summed E-state index contributed by atoms with van der Waals surface area (Å²) in [5.41, 5.74) is -0.497. The monoisotopic (exact) mass is 320 g/mol. The molecule has 0 spiro atoms. The van der Waals surface area contributed by atoms with Gasteiger partial charge in [-0.3, -0.25) is 9.79 Å². The molecule has 1 aromatic carbocycles. The summed E-state index contributed by atoms with van der Waals surface area (Å²) >= 11 is 0. The number of benzene rings is 1. The van der Waals surface area contributed by atoms with Gasteiger partial charge in [-0.05, 0) is 32.4 Å². The topological polar surface area (TPSA) is 74.8 Å². The van der Waals surface area contributed by atoms with Gasteiger partial charge in [0.05, 0.1) is 12.0 Å². The van der Waals surface area contributed by atoms with Gasteiger partial charge in [-0.1, -0.05) is 18.2 Å². The number of amides is 1. The Kier molecular flexibility index (Phi) is 7.94. The molecule has 0 saturated heterocycles. The average Bonchev–Trinajstić information content (AvgIpc) is 2.57. The largest absolute Gasteiger partial charge is 0.494 e. The van der Waals surface area contributed by atoms with Gasteiger partial charge in [0, 0.05) is 27.2 Å². The molecule has 6 nitrogen and oxygen atoms in total. The molecule has 128 valence electrons. The number of hydrogen-bond acceptors (Lipinski definition) is 3. The second-order valence-electron chi connectivity index (χ2n) is 5.83. The van der Waals surface area contributed by atoms with Crippen LogP contribution in [0.2, 0.25) is 0 Å². The Labute approximate surface area is 138 Å². The van der Waals surface area contributed by atoms with Crippen LogP contribution in [-0.4, -0.2) is 45.7 Å². The highest BCUT2D eigenvalue weighted by atomic mass is 16.5. The Morgan fingerprint density at radius 2 is 1.91 bits per heavy atom. The van der Waals surface area contributed by atoms with Crippen LogP contribution in [0.15, 0.2) is 35.3 Å². The summed E-state index contributed by atoms with van der Waals surface area (Å²) in [7, 11) is 3.35. The van der Waals surface area contributed by atoms with Gasteiger partial charge in [0.2, 0.25) is 5.91 Å². The van der Waals surface area contributed by atoms with Crippen molar-refractivity contribution in [3.63, 3.8) is 0 Å². The zero-order valence-electron chi connectivity index (χ0n) is 14.5. The number of ether oxygens (including phenoxy) is 1. The van der Waals surface area contributed by atoms with Crippen molar-refractivity contribution in [3.8, 4) is 5.75 Å². The lowest BCUT2D eigenvalue weighted by atomic mass is 9.92. The average molecular weight is 320 g/mol. The molecular weight excluding hydrogens is 292 g/mol. The maximum Gasteiger partial charge on any atom is 0.227 e. The van der Waals surface area contributed by atoms with E-state index in [1.807, 2.05) is 44.2 Å². The minimum atomic E-state index is -0.497. The summed E-state index contributed by atoms with van der Waals surface area (Å²) in [5.74, 6) is 1.56. The van der Waals surface area contributed by atoms with Crippen molar-refractivity contribution >= 4 is 11.9 Å². The Morgan fingerprint density at radius 3 is 2.52 bits per heavy atom. The first-order valence-electron chi connectivity index (χ1n) is 7.84. The molecule has 0 aromatic heterocycles. The number of hydrogen-bond donors (Lipinski definition) is 3. The molecule has 0 unspecified atom stereocenters. The second-order valence-corrected chi connectivity index (χ2v) is 5.83. The summed E-state index contributed by atoms with van der Waals surface area (Å²) in [6.45, 7) is 5.66. The molecule has 3 N–H and O–H groups in total. The lowest BCUT2D eigenvalue weighted by molar-refractivity contribution is -0.128. The van der Waals surface area contributed by atoms with Gasteiger partial charge in [0.1, 0.15) is 5.75 Å². The third kappa shape index (κ3) is 7.04. The molecule has 1 aromatic rings. The first kappa shape index (κ1) is 18.8. The molecule has 0 bridgehead atoms. The normalized spacial score (nSPS) is 11.7. The molecule has 0 aliphatic heterocycles. The highest BCUT2D eigenvalue weighted by Gasteiger charge is 2.26. The van der Waals surface area contributed by atoms with E-state index in [0.29, 0.717) is 19.1 Å². The standard InChI is InChI=1S/C17H28N4O2/c1-17(2,15(22)18-3)13-21-16(19-4)20-11-8-12-23-14-9-6-5-7-10-14/h5-7,9-10H,8,11-13H2,1-4H3,(H,18,22)(H2,19,20,21). The van der Waals surface area contributed by atoms with Crippen LogP contribution < -0.4 is 20.7 Å². The highest BCUT2D eigenvalue weighted by Crippen LogP contribution is 2.12. The summed E-state index contributed by atoms with van der Waals surface area (Å²) in [4.78, 5) is 15.9. The highest BCUT2D eigenvalue weighted by molar-refractivity contribution is 5.84. The number of para-hydroxylation sites is 1. The van der Waals surface area contributed by atoms with E-state index in [2.05, 4.69) is 20.9 Å². The van der Waals surface area contributed by atoms with Crippen molar-refractivity contribution in [3.05, 3.63) is 30.3 Å². The molecular formula is C17H28N4O2. The van der Waals surface area contributed by atoms with Crippen LogP contribution in [0.5, 0.6) is 5.75 Å². The van der Waals surface area contributed by atoms with Gasteiger partial charge in [-0.25, -0.2) is 0 Å². The molecule has 1 amide bonds. The summed E-state index contributed by atoms with van der Waals surface area (Å²) in [6, 6.07) is 9.75. The smallest absolute Gasteiger partial charge is 0.227 e. The molecule has 0 radical (unpaired) electrons. The van der Waals surface area contributed by atoms with Gasteiger partial charge in [0.25, 0.3) is 0 Å². The van der Waals surface area contributed by atoms with Crippen molar-refractivity contribution in [1.29, 1.82) is 0 Å². The van der Waals surface area contributed by atoms with E-state index in [9.17, 15) is 4.79 Å². The number of aliphatic imine (C=N–C) groups is 1. The maximum atomic E-state index is 11.7. The zero-order chi connectivity index (χ0) is 17.1. The van der Waals surface area contributed by atoms with E-state index in [-0.39, 0.29) is 5.91 Å². The minimum absolute atomic E-state index is 0.00304. The van der Waals surface area contributed by atoms with E-state index < -0.39 is 5.41 Å².